The van der Waals surface area contributed by atoms with E-state index in [1.807, 2.05) is 31.2 Å². The summed E-state index contributed by atoms with van der Waals surface area (Å²) < 4.78 is 6.96. The summed E-state index contributed by atoms with van der Waals surface area (Å²) in [4.78, 5) is 23.2. The summed E-state index contributed by atoms with van der Waals surface area (Å²) in [6.45, 7) is 2.68. The Morgan fingerprint density at radius 3 is 2.76 bits per heavy atom. The van der Waals surface area contributed by atoms with E-state index in [0.29, 0.717) is 6.42 Å². The number of aromatic nitrogens is 3. The molecule has 25 heavy (non-hydrogen) atoms. The van der Waals surface area contributed by atoms with E-state index in [2.05, 4.69) is 15.6 Å². The number of nitrogens with two attached hydrogens (primary N) is 1. The van der Waals surface area contributed by atoms with Crippen molar-refractivity contribution in [1.29, 1.82) is 0 Å². The third-order valence-electron chi connectivity index (χ3n) is 4.22. The van der Waals surface area contributed by atoms with Crippen molar-refractivity contribution in [3.63, 3.8) is 0 Å². The van der Waals surface area contributed by atoms with Gasteiger partial charge in [0.05, 0.1) is 30.5 Å². The zero-order valence-corrected chi connectivity index (χ0v) is 14.0. The number of hydrogen-bond donors (Lipinski definition) is 2. The fourth-order valence-corrected chi connectivity index (χ4v) is 2.81. The molecule has 132 valence electrons. The normalized spacial score (nSPS) is 18.0. The first kappa shape index (κ1) is 17.1. The number of ether oxygens (including phenoxy) is 1. The minimum Gasteiger partial charge on any atom is -0.378 e. The van der Waals surface area contributed by atoms with Crippen molar-refractivity contribution < 1.29 is 14.3 Å². The lowest BCUT2D eigenvalue weighted by atomic mass is 10.1. The Hall–Kier alpha value is -2.74. The standard InChI is InChI=1S/C17H21N5O3/c1-11(19-16(23)9-14-3-2-8-25-14)12-4-6-13(7-5-12)22-10-15(17(18)24)20-21-22/h4-7,10-11,14H,2-3,8-9H2,1H3,(H2,18,24)(H,19,23)/t11-,14-/m1/s1. The van der Waals surface area contributed by atoms with E-state index in [1.165, 1.54) is 10.9 Å². The monoisotopic (exact) mass is 343 g/mol. The summed E-state index contributed by atoms with van der Waals surface area (Å²) >= 11 is 0. The van der Waals surface area contributed by atoms with E-state index in [9.17, 15) is 9.59 Å². The lowest BCUT2D eigenvalue weighted by Crippen LogP contribution is -2.29. The molecule has 1 fully saturated rings. The topological polar surface area (TPSA) is 112 Å². The van der Waals surface area contributed by atoms with Crippen LogP contribution in [0.5, 0.6) is 0 Å². The van der Waals surface area contributed by atoms with Crippen LogP contribution in [0.1, 0.15) is 48.3 Å². The van der Waals surface area contributed by atoms with E-state index in [-0.39, 0.29) is 23.7 Å². The number of rotatable bonds is 6. The molecule has 0 saturated carbocycles. The molecule has 2 amide bonds. The summed E-state index contributed by atoms with van der Waals surface area (Å²) in [5, 5.41) is 10.6. The van der Waals surface area contributed by atoms with E-state index < -0.39 is 5.91 Å². The Labute approximate surface area is 145 Å². The molecule has 0 aliphatic carbocycles. The maximum Gasteiger partial charge on any atom is 0.270 e. The molecule has 0 spiro atoms. The molecule has 2 atom stereocenters. The molecular weight excluding hydrogens is 322 g/mol. The van der Waals surface area contributed by atoms with Gasteiger partial charge in [0.1, 0.15) is 0 Å². The molecule has 0 bridgehead atoms. The molecule has 1 aliphatic rings. The molecule has 2 heterocycles. The molecule has 1 saturated heterocycles. The Balaban J connectivity index is 1.60. The summed E-state index contributed by atoms with van der Waals surface area (Å²) in [6, 6.07) is 7.38. The minimum atomic E-state index is -0.620. The van der Waals surface area contributed by atoms with E-state index in [0.717, 1.165) is 30.7 Å². The Bertz CT molecular complexity index is 750. The van der Waals surface area contributed by atoms with Crippen LogP contribution in [0.25, 0.3) is 5.69 Å². The number of amides is 2. The molecular formula is C17H21N5O3. The molecule has 3 N–H and O–H groups in total. The van der Waals surface area contributed by atoms with Gasteiger partial charge in [0.2, 0.25) is 5.91 Å². The summed E-state index contributed by atoms with van der Waals surface area (Å²) in [5.74, 6) is -0.628. The molecule has 1 aliphatic heterocycles. The third kappa shape index (κ3) is 4.21. The van der Waals surface area contributed by atoms with Crippen molar-refractivity contribution in [2.75, 3.05) is 6.61 Å². The van der Waals surface area contributed by atoms with E-state index >= 15 is 0 Å². The quantitative estimate of drug-likeness (QED) is 0.816. The van der Waals surface area contributed by atoms with E-state index in [1.54, 1.807) is 0 Å². The van der Waals surface area contributed by atoms with Gasteiger partial charge in [-0.2, -0.15) is 0 Å². The fraction of sp³-hybridized carbons (Fsp3) is 0.412. The summed E-state index contributed by atoms with van der Waals surface area (Å²) in [7, 11) is 0. The van der Waals surface area contributed by atoms with Gasteiger partial charge in [0, 0.05) is 6.61 Å². The zero-order chi connectivity index (χ0) is 17.8. The average molecular weight is 343 g/mol. The smallest absolute Gasteiger partial charge is 0.270 e. The first-order valence-corrected chi connectivity index (χ1v) is 8.26. The second kappa shape index (κ2) is 7.43. The molecule has 8 heteroatoms. The molecule has 1 aromatic heterocycles. The van der Waals surface area contributed by atoms with Crippen LogP contribution in [-0.4, -0.2) is 39.5 Å². The number of nitrogens with zero attached hydrogens (tertiary/aromatic N) is 3. The fourth-order valence-electron chi connectivity index (χ4n) is 2.81. The highest BCUT2D eigenvalue weighted by Gasteiger charge is 2.20. The van der Waals surface area contributed by atoms with Crippen molar-refractivity contribution in [3.8, 4) is 5.69 Å². The highest BCUT2D eigenvalue weighted by molar-refractivity contribution is 5.90. The largest absolute Gasteiger partial charge is 0.378 e. The van der Waals surface area contributed by atoms with Crippen molar-refractivity contribution in [1.82, 2.24) is 20.3 Å². The van der Waals surface area contributed by atoms with Crippen molar-refractivity contribution in [2.24, 2.45) is 5.73 Å². The van der Waals surface area contributed by atoms with Gasteiger partial charge in [-0.1, -0.05) is 17.3 Å². The maximum atomic E-state index is 12.1. The van der Waals surface area contributed by atoms with Crippen LogP contribution in [0.2, 0.25) is 0 Å². The van der Waals surface area contributed by atoms with Gasteiger partial charge >= 0.3 is 0 Å². The van der Waals surface area contributed by atoms with E-state index in [4.69, 9.17) is 10.5 Å². The number of nitrogens with one attached hydrogen (secondary N) is 1. The van der Waals surface area contributed by atoms with Crippen LogP contribution < -0.4 is 11.1 Å². The number of benzene rings is 1. The van der Waals surface area contributed by atoms with Crippen molar-refractivity contribution in [3.05, 3.63) is 41.7 Å². The minimum absolute atomic E-state index is 0.00847. The Morgan fingerprint density at radius 1 is 1.40 bits per heavy atom. The summed E-state index contributed by atoms with van der Waals surface area (Å²) in [5.41, 5.74) is 7.00. The first-order chi connectivity index (χ1) is 12.0. The zero-order valence-electron chi connectivity index (χ0n) is 14.0. The van der Waals surface area contributed by atoms with Gasteiger partial charge < -0.3 is 15.8 Å². The highest BCUT2D eigenvalue weighted by atomic mass is 16.5. The van der Waals surface area contributed by atoms with Crippen LogP contribution in [0.15, 0.2) is 30.5 Å². The Morgan fingerprint density at radius 2 is 2.16 bits per heavy atom. The van der Waals surface area contributed by atoms with Crippen LogP contribution in [0, 0.1) is 0 Å². The van der Waals surface area contributed by atoms with Crippen molar-refractivity contribution in [2.45, 2.75) is 38.3 Å². The average Bonchev–Trinajstić information content (AvgIpc) is 3.26. The van der Waals surface area contributed by atoms with Gasteiger partial charge in [0.15, 0.2) is 5.69 Å². The number of primary amides is 1. The van der Waals surface area contributed by atoms with Crippen LogP contribution in [0.4, 0.5) is 0 Å². The molecule has 0 unspecified atom stereocenters. The van der Waals surface area contributed by atoms with Crippen LogP contribution in [0.3, 0.4) is 0 Å². The van der Waals surface area contributed by atoms with Gasteiger partial charge in [-0.05, 0) is 37.5 Å². The highest BCUT2D eigenvalue weighted by Crippen LogP contribution is 2.18. The van der Waals surface area contributed by atoms with Crippen LogP contribution >= 0.6 is 0 Å². The SMILES string of the molecule is C[C@@H](NC(=O)C[C@H]1CCCO1)c1ccc(-n2cc(C(N)=O)nn2)cc1. The maximum absolute atomic E-state index is 12.1. The van der Waals surface area contributed by atoms with Crippen LogP contribution in [-0.2, 0) is 9.53 Å². The van der Waals surface area contributed by atoms with Gasteiger partial charge in [-0.25, -0.2) is 4.68 Å². The van der Waals surface area contributed by atoms with Crippen molar-refractivity contribution >= 4 is 11.8 Å². The molecule has 8 nitrogen and oxygen atoms in total. The second-order valence-corrected chi connectivity index (χ2v) is 6.13. The summed E-state index contributed by atoms with van der Waals surface area (Å²) in [6.07, 6.45) is 3.89. The lowest BCUT2D eigenvalue weighted by molar-refractivity contribution is -0.123. The number of carbonyl (C=O) groups is 2. The van der Waals surface area contributed by atoms with Gasteiger partial charge in [-0.15, -0.1) is 5.10 Å². The molecule has 0 radical (unpaired) electrons. The number of carbonyl (C=O) groups excluding carboxylic acids is 2. The molecule has 1 aromatic carbocycles. The third-order valence-corrected chi connectivity index (χ3v) is 4.22. The predicted octanol–water partition coefficient (Wildman–Crippen LogP) is 1.11. The first-order valence-electron chi connectivity index (χ1n) is 8.26. The molecule has 3 rings (SSSR count). The van der Waals surface area contributed by atoms with Gasteiger partial charge in [0.25, 0.3) is 5.91 Å². The number of hydrogen-bond acceptors (Lipinski definition) is 5. The Kier molecular flexibility index (Phi) is 5.08. The lowest BCUT2D eigenvalue weighted by Gasteiger charge is -2.16. The second-order valence-electron chi connectivity index (χ2n) is 6.13. The van der Waals surface area contributed by atoms with Gasteiger partial charge in [-0.3, -0.25) is 9.59 Å². The molecule has 2 aromatic rings. The predicted molar refractivity (Wildman–Crippen MR) is 90.0 cm³/mol.